The summed E-state index contributed by atoms with van der Waals surface area (Å²) in [6.45, 7) is 2.37. The molecule has 0 saturated carbocycles. The Bertz CT molecular complexity index is 514. The number of halogens is 2. The molecule has 6 heteroatoms. The van der Waals surface area contributed by atoms with Crippen molar-refractivity contribution in [2.75, 3.05) is 6.54 Å². The highest BCUT2D eigenvalue weighted by molar-refractivity contribution is 6.36. The Morgan fingerprint density at radius 2 is 2.10 bits per heavy atom. The maximum atomic E-state index is 11.9. The van der Waals surface area contributed by atoms with Crippen molar-refractivity contribution in [3.05, 3.63) is 33.8 Å². The van der Waals surface area contributed by atoms with Gasteiger partial charge in [-0.15, -0.1) is 0 Å². The fourth-order valence-electron chi connectivity index (χ4n) is 2.27. The van der Waals surface area contributed by atoms with Gasteiger partial charge in [-0.25, -0.2) is 0 Å². The maximum absolute atomic E-state index is 11.9. The first-order chi connectivity index (χ1) is 9.49. The van der Waals surface area contributed by atoms with Gasteiger partial charge in [0.15, 0.2) is 0 Å². The Kier molecular flexibility index (Phi) is 4.89. The number of hydrogen-bond donors (Lipinski definition) is 2. The zero-order valence-electron chi connectivity index (χ0n) is 11.1. The molecule has 0 radical (unpaired) electrons. The van der Waals surface area contributed by atoms with Gasteiger partial charge in [-0.2, -0.15) is 0 Å². The van der Waals surface area contributed by atoms with Crippen LogP contribution in [0.25, 0.3) is 0 Å². The molecule has 1 heterocycles. The van der Waals surface area contributed by atoms with Gasteiger partial charge in [0.1, 0.15) is 6.04 Å². The number of carbonyl (C=O) groups excluding carboxylic acids is 2. The van der Waals surface area contributed by atoms with E-state index in [0.29, 0.717) is 29.4 Å². The van der Waals surface area contributed by atoms with Crippen molar-refractivity contribution >= 4 is 35.0 Å². The Balaban J connectivity index is 1.93. The fraction of sp³-hybridized carbons (Fsp3) is 0.429. The van der Waals surface area contributed by atoms with Gasteiger partial charge in [-0.3, -0.25) is 9.59 Å². The number of nitrogens with one attached hydrogen (secondary N) is 2. The van der Waals surface area contributed by atoms with E-state index in [1.807, 2.05) is 6.92 Å². The van der Waals surface area contributed by atoms with Gasteiger partial charge < -0.3 is 10.6 Å². The van der Waals surface area contributed by atoms with Gasteiger partial charge in [-0.05, 0) is 24.1 Å². The molecule has 0 aliphatic carbocycles. The summed E-state index contributed by atoms with van der Waals surface area (Å²) in [6.07, 6.45) is 0.954. The van der Waals surface area contributed by atoms with Crippen LogP contribution in [0.3, 0.4) is 0 Å². The predicted molar refractivity (Wildman–Crippen MR) is 79.1 cm³/mol. The van der Waals surface area contributed by atoms with Crippen LogP contribution in [0.5, 0.6) is 0 Å². The van der Waals surface area contributed by atoms with Crippen molar-refractivity contribution in [1.29, 1.82) is 0 Å². The lowest BCUT2D eigenvalue weighted by Crippen LogP contribution is -2.42. The molecule has 1 aliphatic heterocycles. The molecule has 2 amide bonds. The largest absolute Gasteiger partial charge is 0.354 e. The summed E-state index contributed by atoms with van der Waals surface area (Å²) in [5, 5.41) is 6.65. The molecule has 0 spiro atoms. The van der Waals surface area contributed by atoms with Crippen molar-refractivity contribution in [2.24, 2.45) is 0 Å². The summed E-state index contributed by atoms with van der Waals surface area (Å²) in [6, 6.07) is 4.92. The van der Waals surface area contributed by atoms with Crippen molar-refractivity contribution in [2.45, 2.75) is 31.7 Å². The summed E-state index contributed by atoms with van der Waals surface area (Å²) in [5.41, 5.74) is 0.826. The normalized spacial score (nSPS) is 19.6. The third-order valence-electron chi connectivity index (χ3n) is 3.39. The first kappa shape index (κ1) is 15.1. The molecular weight excluding hydrogens is 299 g/mol. The number of hydrogen-bond acceptors (Lipinski definition) is 2. The van der Waals surface area contributed by atoms with Crippen molar-refractivity contribution in [3.63, 3.8) is 0 Å². The fourth-order valence-corrected chi connectivity index (χ4v) is 3.04. The summed E-state index contributed by atoms with van der Waals surface area (Å²) >= 11 is 12.3. The summed E-state index contributed by atoms with van der Waals surface area (Å²) in [7, 11) is 0. The first-order valence-corrected chi connectivity index (χ1v) is 7.25. The third-order valence-corrected chi connectivity index (χ3v) is 4.05. The molecule has 4 nitrogen and oxygen atoms in total. The molecule has 20 heavy (non-hydrogen) atoms. The number of amides is 2. The van der Waals surface area contributed by atoms with Crippen LogP contribution in [-0.2, 0) is 9.59 Å². The molecule has 1 aliphatic rings. The Hall–Kier alpha value is -1.26. The van der Waals surface area contributed by atoms with E-state index in [0.717, 1.165) is 5.56 Å². The number of rotatable bonds is 4. The molecule has 1 aromatic carbocycles. The molecule has 108 valence electrons. The predicted octanol–water partition coefficient (Wildman–Crippen LogP) is 2.49. The Morgan fingerprint density at radius 1 is 1.45 bits per heavy atom. The van der Waals surface area contributed by atoms with Crippen LogP contribution in [0.2, 0.25) is 10.0 Å². The quantitative estimate of drug-likeness (QED) is 0.897. The average molecular weight is 315 g/mol. The van der Waals surface area contributed by atoms with Crippen molar-refractivity contribution < 1.29 is 9.59 Å². The van der Waals surface area contributed by atoms with E-state index in [9.17, 15) is 9.59 Å². The molecule has 0 bridgehead atoms. The lowest BCUT2D eigenvalue weighted by atomic mass is 10.0. The van der Waals surface area contributed by atoms with Gasteiger partial charge in [0.05, 0.1) is 0 Å². The second-order valence-electron chi connectivity index (χ2n) is 4.94. The Morgan fingerprint density at radius 3 is 2.65 bits per heavy atom. The molecule has 2 N–H and O–H groups in total. The van der Waals surface area contributed by atoms with Gasteiger partial charge in [-0.1, -0.05) is 36.2 Å². The van der Waals surface area contributed by atoms with E-state index in [4.69, 9.17) is 23.2 Å². The minimum absolute atomic E-state index is 0.00254. The smallest absolute Gasteiger partial charge is 0.242 e. The van der Waals surface area contributed by atoms with Crippen LogP contribution in [0.1, 0.15) is 31.2 Å². The van der Waals surface area contributed by atoms with Crippen molar-refractivity contribution in [1.82, 2.24) is 10.6 Å². The maximum Gasteiger partial charge on any atom is 0.242 e. The minimum atomic E-state index is -0.420. The highest BCUT2D eigenvalue weighted by Crippen LogP contribution is 2.30. The van der Waals surface area contributed by atoms with E-state index in [2.05, 4.69) is 10.6 Å². The minimum Gasteiger partial charge on any atom is -0.354 e. The summed E-state index contributed by atoms with van der Waals surface area (Å²) < 4.78 is 0. The molecular formula is C14H16Cl2N2O2. The molecule has 2 rings (SSSR count). The van der Waals surface area contributed by atoms with Gasteiger partial charge in [0, 0.05) is 28.9 Å². The molecule has 0 unspecified atom stereocenters. The summed E-state index contributed by atoms with van der Waals surface area (Å²) in [4.78, 5) is 23.0. The number of benzene rings is 1. The topological polar surface area (TPSA) is 58.2 Å². The highest BCUT2D eigenvalue weighted by Gasteiger charge is 2.27. The SMILES string of the molecule is C[C@@H](CNC(=O)[C@@H]1CCC(=O)N1)c1c(Cl)cccc1Cl. The van der Waals surface area contributed by atoms with E-state index in [1.54, 1.807) is 18.2 Å². The molecule has 2 atom stereocenters. The van der Waals surface area contributed by atoms with Crippen LogP contribution < -0.4 is 10.6 Å². The number of carbonyl (C=O) groups is 2. The van der Waals surface area contributed by atoms with E-state index in [-0.39, 0.29) is 17.7 Å². The lowest BCUT2D eigenvalue weighted by Gasteiger charge is -2.17. The summed E-state index contributed by atoms with van der Waals surface area (Å²) in [5.74, 6) is -0.240. The standard InChI is InChI=1S/C14H16Cl2N2O2/c1-8(13-9(15)3-2-4-10(13)16)7-17-14(20)11-5-6-12(19)18-11/h2-4,8,11H,5-7H2,1H3,(H,17,20)(H,18,19)/t8-,11-/m0/s1. The second kappa shape index (κ2) is 6.46. The van der Waals surface area contributed by atoms with Crippen LogP contribution in [0.4, 0.5) is 0 Å². The van der Waals surface area contributed by atoms with E-state index < -0.39 is 6.04 Å². The van der Waals surface area contributed by atoms with E-state index >= 15 is 0 Å². The first-order valence-electron chi connectivity index (χ1n) is 6.50. The van der Waals surface area contributed by atoms with Gasteiger partial charge >= 0.3 is 0 Å². The van der Waals surface area contributed by atoms with E-state index in [1.165, 1.54) is 0 Å². The van der Waals surface area contributed by atoms with Crippen LogP contribution in [0, 0.1) is 0 Å². The van der Waals surface area contributed by atoms with Crippen LogP contribution in [-0.4, -0.2) is 24.4 Å². The Labute approximate surface area is 127 Å². The van der Waals surface area contributed by atoms with Gasteiger partial charge in [0.25, 0.3) is 0 Å². The molecule has 1 fully saturated rings. The average Bonchev–Trinajstić information content (AvgIpc) is 2.82. The molecule has 1 aromatic rings. The van der Waals surface area contributed by atoms with Gasteiger partial charge in [0.2, 0.25) is 11.8 Å². The second-order valence-corrected chi connectivity index (χ2v) is 5.75. The monoisotopic (exact) mass is 314 g/mol. The third kappa shape index (κ3) is 3.44. The highest BCUT2D eigenvalue weighted by atomic mass is 35.5. The zero-order valence-corrected chi connectivity index (χ0v) is 12.6. The van der Waals surface area contributed by atoms with Crippen LogP contribution >= 0.6 is 23.2 Å². The zero-order chi connectivity index (χ0) is 14.7. The van der Waals surface area contributed by atoms with Crippen LogP contribution in [0.15, 0.2) is 18.2 Å². The molecule has 1 saturated heterocycles. The lowest BCUT2D eigenvalue weighted by molar-refractivity contribution is -0.125. The molecule has 0 aromatic heterocycles. The van der Waals surface area contributed by atoms with Crippen molar-refractivity contribution in [3.8, 4) is 0 Å².